The van der Waals surface area contributed by atoms with E-state index in [-0.39, 0.29) is 4.90 Å². The summed E-state index contributed by atoms with van der Waals surface area (Å²) in [6, 6.07) is 12.8. The van der Waals surface area contributed by atoms with Crippen LogP contribution in [0, 0.1) is 0 Å². The van der Waals surface area contributed by atoms with Gasteiger partial charge in [-0.25, -0.2) is 8.42 Å². The van der Waals surface area contributed by atoms with Crippen molar-refractivity contribution in [3.8, 4) is 10.9 Å². The number of halogens is 1. The molecule has 0 unspecified atom stereocenters. The second kappa shape index (κ2) is 7.61. The van der Waals surface area contributed by atoms with Gasteiger partial charge >= 0.3 is 0 Å². The van der Waals surface area contributed by atoms with Crippen LogP contribution in [0.2, 0.25) is 5.02 Å². The van der Waals surface area contributed by atoms with E-state index in [1.165, 1.54) is 35.0 Å². The standard InChI is InChI=1S/C17H16ClN3O3S2/c1-3-16-19-17(25-20-16)24-14-8-6-13(7-9-14)21(2)26(22,23)15-10-4-12(18)5-11-15/h4-11H,3H2,1-2H3. The van der Waals surface area contributed by atoms with Gasteiger partial charge in [-0.1, -0.05) is 18.5 Å². The van der Waals surface area contributed by atoms with Crippen LogP contribution in [0.3, 0.4) is 0 Å². The molecule has 0 spiro atoms. The molecule has 0 bridgehead atoms. The van der Waals surface area contributed by atoms with Gasteiger partial charge in [0.2, 0.25) is 0 Å². The third-order valence-electron chi connectivity index (χ3n) is 3.64. The minimum atomic E-state index is -3.67. The molecule has 0 N–H and O–H groups in total. The second-order valence-corrected chi connectivity index (χ2v) is 8.47. The molecule has 0 aliphatic rings. The highest BCUT2D eigenvalue weighted by atomic mass is 35.5. The number of ether oxygens (including phenoxy) is 1. The maximum Gasteiger partial charge on any atom is 0.298 e. The van der Waals surface area contributed by atoms with Gasteiger partial charge in [0, 0.05) is 30.0 Å². The van der Waals surface area contributed by atoms with Crippen molar-refractivity contribution in [2.75, 3.05) is 11.4 Å². The van der Waals surface area contributed by atoms with E-state index in [1.807, 2.05) is 6.92 Å². The van der Waals surface area contributed by atoms with Crippen molar-refractivity contribution in [2.24, 2.45) is 0 Å². The fraction of sp³-hybridized carbons (Fsp3) is 0.176. The summed E-state index contributed by atoms with van der Waals surface area (Å²) in [5.74, 6) is 1.29. The molecule has 0 amide bonds. The average Bonchev–Trinajstić information content (AvgIpc) is 3.10. The Hall–Kier alpha value is -2.16. The minimum Gasteiger partial charge on any atom is -0.430 e. The number of hydrogen-bond acceptors (Lipinski definition) is 6. The predicted molar refractivity (Wildman–Crippen MR) is 103 cm³/mol. The van der Waals surface area contributed by atoms with Crippen molar-refractivity contribution < 1.29 is 13.2 Å². The van der Waals surface area contributed by atoms with Crippen LogP contribution < -0.4 is 9.04 Å². The van der Waals surface area contributed by atoms with Gasteiger partial charge in [-0.3, -0.25) is 4.31 Å². The summed E-state index contributed by atoms with van der Waals surface area (Å²) in [4.78, 5) is 4.41. The highest BCUT2D eigenvalue weighted by Gasteiger charge is 2.21. The van der Waals surface area contributed by atoms with Crippen LogP contribution in [-0.4, -0.2) is 24.8 Å². The van der Waals surface area contributed by atoms with E-state index in [9.17, 15) is 8.42 Å². The molecule has 0 saturated carbocycles. The summed E-state index contributed by atoms with van der Waals surface area (Å²) in [5.41, 5.74) is 0.513. The summed E-state index contributed by atoms with van der Waals surface area (Å²) >= 11 is 7.00. The summed E-state index contributed by atoms with van der Waals surface area (Å²) in [5, 5.41) is 0.938. The largest absolute Gasteiger partial charge is 0.430 e. The molecule has 9 heteroatoms. The predicted octanol–water partition coefficient (Wildman–Crippen LogP) is 4.37. The zero-order chi connectivity index (χ0) is 18.7. The zero-order valence-electron chi connectivity index (χ0n) is 14.1. The molecule has 136 valence electrons. The number of sulfonamides is 1. The number of benzene rings is 2. The SMILES string of the molecule is CCc1nsc(Oc2ccc(N(C)S(=O)(=O)c3ccc(Cl)cc3)cc2)n1. The van der Waals surface area contributed by atoms with Crippen molar-refractivity contribution in [1.82, 2.24) is 9.36 Å². The third kappa shape index (κ3) is 3.98. The van der Waals surface area contributed by atoms with Crippen molar-refractivity contribution >= 4 is 38.8 Å². The third-order valence-corrected chi connectivity index (χ3v) is 6.33. The van der Waals surface area contributed by atoms with Gasteiger partial charge in [-0.05, 0) is 48.5 Å². The van der Waals surface area contributed by atoms with Crippen molar-refractivity contribution in [2.45, 2.75) is 18.2 Å². The van der Waals surface area contributed by atoms with E-state index in [4.69, 9.17) is 16.3 Å². The van der Waals surface area contributed by atoms with E-state index in [0.717, 1.165) is 12.2 Å². The lowest BCUT2D eigenvalue weighted by atomic mass is 10.3. The first-order valence-corrected chi connectivity index (χ1v) is 10.3. The van der Waals surface area contributed by atoms with Crippen LogP contribution in [0.15, 0.2) is 53.4 Å². The molecule has 0 fully saturated rings. The van der Waals surface area contributed by atoms with Crippen LogP contribution in [0.25, 0.3) is 0 Å². The lowest BCUT2D eigenvalue weighted by Gasteiger charge is -2.19. The fourth-order valence-electron chi connectivity index (χ4n) is 2.15. The van der Waals surface area contributed by atoms with Gasteiger partial charge < -0.3 is 4.74 Å². The Bertz CT molecular complexity index is 987. The number of nitrogens with zero attached hydrogens (tertiary/aromatic N) is 3. The summed E-state index contributed by atoms with van der Waals surface area (Å²) in [6.45, 7) is 1.97. The molecule has 0 aliphatic carbocycles. The molecule has 3 rings (SSSR count). The molecule has 0 saturated heterocycles. The van der Waals surface area contributed by atoms with Gasteiger partial charge in [0.1, 0.15) is 11.6 Å². The van der Waals surface area contributed by atoms with Crippen LogP contribution in [0.5, 0.6) is 10.9 Å². The molecule has 1 heterocycles. The Morgan fingerprint density at radius 3 is 2.35 bits per heavy atom. The van der Waals surface area contributed by atoms with Gasteiger partial charge in [-0.2, -0.15) is 9.36 Å². The minimum absolute atomic E-state index is 0.172. The molecule has 6 nitrogen and oxygen atoms in total. The molecule has 26 heavy (non-hydrogen) atoms. The zero-order valence-corrected chi connectivity index (χ0v) is 16.5. The number of anilines is 1. The molecule has 1 aromatic heterocycles. The quantitative estimate of drug-likeness (QED) is 0.604. The fourth-order valence-corrected chi connectivity index (χ4v) is 4.11. The van der Waals surface area contributed by atoms with E-state index in [2.05, 4.69) is 9.36 Å². The first-order valence-electron chi connectivity index (χ1n) is 7.75. The molecule has 0 aliphatic heterocycles. The lowest BCUT2D eigenvalue weighted by molar-refractivity contribution is 0.477. The normalized spacial score (nSPS) is 11.3. The molecular formula is C17H16ClN3O3S2. The van der Waals surface area contributed by atoms with Gasteiger partial charge in [0.15, 0.2) is 0 Å². The number of rotatable bonds is 6. The van der Waals surface area contributed by atoms with E-state index in [0.29, 0.717) is 21.7 Å². The Kier molecular flexibility index (Phi) is 5.45. The Labute approximate surface area is 161 Å². The van der Waals surface area contributed by atoms with Crippen LogP contribution in [-0.2, 0) is 16.4 Å². The Morgan fingerprint density at radius 2 is 1.77 bits per heavy atom. The molecular weight excluding hydrogens is 394 g/mol. The van der Waals surface area contributed by atoms with Crippen molar-refractivity contribution in [3.63, 3.8) is 0 Å². The summed E-state index contributed by atoms with van der Waals surface area (Å²) < 4.78 is 36.4. The van der Waals surface area contributed by atoms with Crippen LogP contribution in [0.1, 0.15) is 12.7 Å². The number of hydrogen-bond donors (Lipinski definition) is 0. The summed E-state index contributed by atoms with van der Waals surface area (Å²) in [6.07, 6.45) is 0.742. The monoisotopic (exact) mass is 409 g/mol. The molecule has 0 atom stereocenters. The van der Waals surface area contributed by atoms with Crippen LogP contribution >= 0.6 is 23.1 Å². The summed E-state index contributed by atoms with van der Waals surface area (Å²) in [7, 11) is -2.17. The van der Waals surface area contributed by atoms with E-state index in [1.54, 1.807) is 36.4 Å². The van der Waals surface area contributed by atoms with E-state index >= 15 is 0 Å². The number of aromatic nitrogens is 2. The first kappa shape index (κ1) is 18.6. The molecule has 3 aromatic rings. The average molecular weight is 410 g/mol. The van der Waals surface area contributed by atoms with Crippen LogP contribution in [0.4, 0.5) is 5.69 Å². The number of aryl methyl sites for hydroxylation is 1. The van der Waals surface area contributed by atoms with Crippen molar-refractivity contribution in [3.05, 3.63) is 59.4 Å². The smallest absolute Gasteiger partial charge is 0.298 e. The Balaban J connectivity index is 1.77. The highest BCUT2D eigenvalue weighted by molar-refractivity contribution is 7.92. The molecule has 2 aromatic carbocycles. The highest BCUT2D eigenvalue weighted by Crippen LogP contribution is 2.28. The topological polar surface area (TPSA) is 72.4 Å². The maximum atomic E-state index is 12.7. The lowest BCUT2D eigenvalue weighted by Crippen LogP contribution is -2.26. The van der Waals surface area contributed by atoms with Gasteiger partial charge in [-0.15, -0.1) is 0 Å². The van der Waals surface area contributed by atoms with E-state index < -0.39 is 10.0 Å². The van der Waals surface area contributed by atoms with Crippen molar-refractivity contribution in [1.29, 1.82) is 0 Å². The first-order chi connectivity index (χ1) is 12.4. The maximum absolute atomic E-state index is 12.7. The Morgan fingerprint density at radius 1 is 1.12 bits per heavy atom. The molecule has 0 radical (unpaired) electrons. The second-order valence-electron chi connectivity index (χ2n) is 5.35. The van der Waals surface area contributed by atoms with Gasteiger partial charge in [0.25, 0.3) is 15.2 Å². The van der Waals surface area contributed by atoms with Gasteiger partial charge in [0.05, 0.1) is 10.6 Å².